The average Bonchev–Trinajstić information content (AvgIpc) is 3.12. The van der Waals surface area contributed by atoms with E-state index in [0.717, 1.165) is 29.8 Å². The molecule has 2 aromatic heterocycles. The van der Waals surface area contributed by atoms with E-state index in [0.29, 0.717) is 5.89 Å². The van der Waals surface area contributed by atoms with Crippen molar-refractivity contribution >= 4 is 11.3 Å². The molecule has 2 fully saturated rings. The molecule has 4 rings (SSSR count). The van der Waals surface area contributed by atoms with Crippen molar-refractivity contribution in [3.8, 4) is 11.5 Å². The number of thiophene rings is 1. The van der Waals surface area contributed by atoms with Crippen molar-refractivity contribution in [2.45, 2.75) is 25.8 Å². The molecule has 0 bridgehead atoms. The predicted molar refractivity (Wildman–Crippen MR) is 73.7 cm³/mol. The summed E-state index contributed by atoms with van der Waals surface area (Å²) in [6, 6.07) is 2.02. The minimum Gasteiger partial charge on any atom is -0.334 e. The van der Waals surface area contributed by atoms with E-state index in [-0.39, 0.29) is 0 Å². The van der Waals surface area contributed by atoms with Gasteiger partial charge < -0.3 is 4.52 Å². The molecule has 0 amide bonds. The molecule has 1 saturated carbocycles. The number of likely N-dealkylation sites (tertiary alicyclic amines) is 1. The summed E-state index contributed by atoms with van der Waals surface area (Å²) in [7, 11) is 0. The minimum atomic E-state index is 0.649. The van der Waals surface area contributed by atoms with E-state index in [9.17, 15) is 0 Å². The van der Waals surface area contributed by atoms with Crippen LogP contribution in [0.3, 0.4) is 0 Å². The molecule has 100 valence electrons. The van der Waals surface area contributed by atoms with Crippen LogP contribution in [-0.2, 0) is 6.54 Å². The first kappa shape index (κ1) is 11.6. The van der Waals surface area contributed by atoms with Gasteiger partial charge in [0, 0.05) is 18.5 Å². The number of aromatic nitrogens is 2. The number of rotatable bonds is 3. The van der Waals surface area contributed by atoms with Crippen LogP contribution in [-0.4, -0.2) is 28.1 Å². The molecule has 0 aromatic carbocycles. The summed E-state index contributed by atoms with van der Waals surface area (Å²) in [5.41, 5.74) is 1.03. The third-order valence-corrected chi connectivity index (χ3v) is 5.09. The average molecular weight is 275 g/mol. The lowest BCUT2D eigenvalue weighted by molar-refractivity contribution is 0.289. The lowest BCUT2D eigenvalue weighted by Gasteiger charge is -2.13. The van der Waals surface area contributed by atoms with Crippen LogP contribution < -0.4 is 0 Å². The van der Waals surface area contributed by atoms with Gasteiger partial charge >= 0.3 is 0 Å². The largest absolute Gasteiger partial charge is 0.334 e. The van der Waals surface area contributed by atoms with Crippen molar-refractivity contribution in [2.75, 3.05) is 13.1 Å². The summed E-state index contributed by atoms with van der Waals surface area (Å²) >= 11 is 1.65. The molecule has 1 saturated heterocycles. The second kappa shape index (κ2) is 4.72. The topological polar surface area (TPSA) is 42.2 Å². The van der Waals surface area contributed by atoms with E-state index in [1.54, 1.807) is 11.3 Å². The van der Waals surface area contributed by atoms with Crippen LogP contribution in [0, 0.1) is 11.8 Å². The Balaban J connectivity index is 1.44. The van der Waals surface area contributed by atoms with Gasteiger partial charge in [-0.05, 0) is 36.1 Å². The molecule has 2 aromatic rings. The van der Waals surface area contributed by atoms with Crippen LogP contribution in [0.1, 0.15) is 25.1 Å². The van der Waals surface area contributed by atoms with Gasteiger partial charge in [-0.1, -0.05) is 11.6 Å². The van der Waals surface area contributed by atoms with Gasteiger partial charge in [-0.25, -0.2) is 0 Å². The molecular formula is C14H17N3OS. The molecule has 5 heteroatoms. The second-order valence-electron chi connectivity index (χ2n) is 5.67. The summed E-state index contributed by atoms with van der Waals surface area (Å²) in [6.45, 7) is 3.26. The summed E-state index contributed by atoms with van der Waals surface area (Å²) in [4.78, 5) is 6.98. The SMILES string of the molecule is c1cc(-c2nc(CN3C[C@H]4CCC[C@@H]4C3)no2)cs1. The van der Waals surface area contributed by atoms with Crippen molar-refractivity contribution in [3.63, 3.8) is 0 Å². The van der Waals surface area contributed by atoms with Crippen molar-refractivity contribution < 1.29 is 4.52 Å². The molecule has 0 unspecified atom stereocenters. The van der Waals surface area contributed by atoms with Crippen molar-refractivity contribution in [3.05, 3.63) is 22.7 Å². The third kappa shape index (κ3) is 2.21. The Kier molecular flexibility index (Phi) is 2.89. The normalized spacial score (nSPS) is 26.9. The van der Waals surface area contributed by atoms with Gasteiger partial charge in [0.25, 0.3) is 5.89 Å². The zero-order chi connectivity index (χ0) is 12.7. The highest BCUT2D eigenvalue weighted by Gasteiger charge is 2.36. The van der Waals surface area contributed by atoms with E-state index < -0.39 is 0 Å². The monoisotopic (exact) mass is 275 g/mol. The van der Waals surface area contributed by atoms with Crippen LogP contribution in [0.4, 0.5) is 0 Å². The first-order valence-electron chi connectivity index (χ1n) is 6.96. The molecule has 0 N–H and O–H groups in total. The zero-order valence-corrected chi connectivity index (χ0v) is 11.6. The minimum absolute atomic E-state index is 0.649. The van der Waals surface area contributed by atoms with E-state index in [2.05, 4.69) is 15.0 Å². The summed E-state index contributed by atoms with van der Waals surface area (Å²) in [5, 5.41) is 8.17. The Morgan fingerprint density at radius 3 is 2.89 bits per heavy atom. The number of nitrogens with zero attached hydrogens (tertiary/aromatic N) is 3. The fourth-order valence-electron chi connectivity index (χ4n) is 3.48. The lowest BCUT2D eigenvalue weighted by atomic mass is 10.0. The maximum atomic E-state index is 5.33. The van der Waals surface area contributed by atoms with Gasteiger partial charge in [-0.15, -0.1) is 0 Å². The van der Waals surface area contributed by atoms with Gasteiger partial charge in [0.05, 0.1) is 12.1 Å². The van der Waals surface area contributed by atoms with Crippen molar-refractivity contribution in [1.29, 1.82) is 0 Å². The molecule has 19 heavy (non-hydrogen) atoms. The van der Waals surface area contributed by atoms with Gasteiger partial charge in [0.1, 0.15) is 0 Å². The van der Waals surface area contributed by atoms with Gasteiger partial charge in [0.15, 0.2) is 5.82 Å². The summed E-state index contributed by atoms with van der Waals surface area (Å²) in [5.74, 6) is 3.31. The fourth-order valence-corrected chi connectivity index (χ4v) is 4.11. The Bertz CT molecular complexity index is 539. The van der Waals surface area contributed by atoms with Crippen LogP contribution in [0.2, 0.25) is 0 Å². The molecule has 0 spiro atoms. The maximum Gasteiger partial charge on any atom is 0.258 e. The maximum absolute atomic E-state index is 5.33. The summed E-state index contributed by atoms with van der Waals surface area (Å²) in [6.07, 6.45) is 4.24. The third-order valence-electron chi connectivity index (χ3n) is 4.40. The van der Waals surface area contributed by atoms with Gasteiger partial charge in [-0.3, -0.25) is 4.90 Å². The fraction of sp³-hybridized carbons (Fsp3) is 0.571. The van der Waals surface area contributed by atoms with Crippen LogP contribution in [0.25, 0.3) is 11.5 Å². The van der Waals surface area contributed by atoms with Crippen LogP contribution in [0.15, 0.2) is 21.3 Å². The standard InChI is InChI=1S/C14H17N3OS/c1-2-10-6-17(7-11(10)3-1)8-13-15-14(18-16-13)12-4-5-19-9-12/h4-5,9-11H,1-3,6-8H2/t10-,11-/m1/s1. The number of hydrogen-bond acceptors (Lipinski definition) is 5. The predicted octanol–water partition coefficient (Wildman–Crippen LogP) is 3.03. The highest BCUT2D eigenvalue weighted by Crippen LogP contribution is 2.38. The van der Waals surface area contributed by atoms with E-state index in [1.165, 1.54) is 32.4 Å². The quantitative estimate of drug-likeness (QED) is 0.863. The Labute approximate surface area is 116 Å². The van der Waals surface area contributed by atoms with Crippen LogP contribution >= 0.6 is 11.3 Å². The molecule has 3 heterocycles. The molecular weight excluding hydrogens is 258 g/mol. The van der Waals surface area contributed by atoms with Crippen molar-refractivity contribution in [1.82, 2.24) is 15.0 Å². The Hall–Kier alpha value is -1.20. The number of fused-ring (bicyclic) bond motifs is 1. The Morgan fingerprint density at radius 1 is 1.32 bits per heavy atom. The highest BCUT2D eigenvalue weighted by atomic mass is 32.1. The first-order chi connectivity index (χ1) is 9.38. The molecule has 1 aliphatic heterocycles. The molecule has 4 nitrogen and oxygen atoms in total. The lowest BCUT2D eigenvalue weighted by Crippen LogP contribution is -2.21. The number of hydrogen-bond donors (Lipinski definition) is 0. The zero-order valence-electron chi connectivity index (χ0n) is 10.8. The highest BCUT2D eigenvalue weighted by molar-refractivity contribution is 7.08. The van der Waals surface area contributed by atoms with Crippen LogP contribution in [0.5, 0.6) is 0 Å². The van der Waals surface area contributed by atoms with E-state index in [4.69, 9.17) is 4.52 Å². The summed E-state index contributed by atoms with van der Waals surface area (Å²) < 4.78 is 5.33. The Morgan fingerprint density at radius 2 is 2.16 bits per heavy atom. The smallest absolute Gasteiger partial charge is 0.258 e. The van der Waals surface area contributed by atoms with Gasteiger partial charge in [-0.2, -0.15) is 16.3 Å². The molecule has 0 radical (unpaired) electrons. The molecule has 2 aliphatic rings. The van der Waals surface area contributed by atoms with E-state index in [1.807, 2.05) is 16.8 Å². The molecule has 2 atom stereocenters. The first-order valence-corrected chi connectivity index (χ1v) is 7.90. The second-order valence-corrected chi connectivity index (χ2v) is 6.45. The molecule has 1 aliphatic carbocycles. The van der Waals surface area contributed by atoms with E-state index >= 15 is 0 Å². The van der Waals surface area contributed by atoms with Gasteiger partial charge in [0.2, 0.25) is 0 Å². The van der Waals surface area contributed by atoms with Crippen molar-refractivity contribution in [2.24, 2.45) is 11.8 Å².